The number of rotatable bonds is 1. The average molecular weight is 273 g/mol. The minimum atomic E-state index is -0.708. The van der Waals surface area contributed by atoms with E-state index >= 15 is 0 Å². The van der Waals surface area contributed by atoms with Gasteiger partial charge in [0.1, 0.15) is 5.82 Å². The molecule has 2 N–H and O–H groups in total. The van der Waals surface area contributed by atoms with Crippen molar-refractivity contribution in [1.29, 1.82) is 0 Å². The maximum absolute atomic E-state index is 13.7. The Morgan fingerprint density at radius 1 is 1.45 bits per heavy atom. The first kappa shape index (κ1) is 14.1. The van der Waals surface area contributed by atoms with Crippen molar-refractivity contribution < 1.29 is 9.18 Å². The zero-order chi connectivity index (χ0) is 14.9. The summed E-state index contributed by atoms with van der Waals surface area (Å²) in [4.78, 5) is 17.4. The third-order valence-corrected chi connectivity index (χ3v) is 2.97. The van der Waals surface area contributed by atoms with Gasteiger partial charge in [0.2, 0.25) is 0 Å². The van der Waals surface area contributed by atoms with Crippen molar-refractivity contribution in [2.75, 3.05) is 7.05 Å². The van der Waals surface area contributed by atoms with Gasteiger partial charge in [0, 0.05) is 13.0 Å². The number of aliphatic imine (C=N–C) groups is 1. The Hall–Kier alpha value is -2.35. The van der Waals surface area contributed by atoms with Crippen molar-refractivity contribution in [1.82, 2.24) is 4.90 Å². The summed E-state index contributed by atoms with van der Waals surface area (Å²) in [6.45, 7) is 3.85. The molecule has 0 aromatic heterocycles. The Morgan fingerprint density at radius 3 is 2.70 bits per heavy atom. The molecule has 0 aliphatic carbocycles. The van der Waals surface area contributed by atoms with Crippen molar-refractivity contribution in [2.24, 2.45) is 16.6 Å². The summed E-state index contributed by atoms with van der Waals surface area (Å²) in [6.07, 6.45) is 0. The molecule has 2 rings (SSSR count). The molecule has 4 nitrogen and oxygen atoms in total. The molecule has 0 radical (unpaired) electrons. The first-order chi connectivity index (χ1) is 9.40. The number of nitrogens with zero attached hydrogens (tertiary/aromatic N) is 2. The van der Waals surface area contributed by atoms with Gasteiger partial charge in [0.25, 0.3) is 5.91 Å². The second-order valence-electron chi connectivity index (χ2n) is 4.95. The third-order valence-electron chi connectivity index (χ3n) is 2.97. The Bertz CT molecular complexity index is 640. The zero-order valence-electron chi connectivity index (χ0n) is 11.6. The van der Waals surface area contributed by atoms with E-state index in [1.807, 2.05) is 13.8 Å². The maximum Gasteiger partial charge on any atom is 0.258 e. The lowest BCUT2D eigenvalue weighted by atomic mass is 10.0. The lowest BCUT2D eigenvalue weighted by Crippen LogP contribution is -2.34. The van der Waals surface area contributed by atoms with Gasteiger partial charge in [-0.05, 0) is 17.7 Å². The summed E-state index contributed by atoms with van der Waals surface area (Å²) < 4.78 is 13.7. The van der Waals surface area contributed by atoms with Crippen LogP contribution in [0.1, 0.15) is 31.0 Å². The van der Waals surface area contributed by atoms with Crippen molar-refractivity contribution in [3.63, 3.8) is 0 Å². The SMILES string of the molecule is CC(C)C#Cc1cc([C@H]2N=C(N)N(C)C2=O)ccc1F. The van der Waals surface area contributed by atoms with Gasteiger partial charge < -0.3 is 5.73 Å². The molecule has 1 aromatic carbocycles. The highest BCUT2D eigenvalue weighted by Crippen LogP contribution is 2.25. The molecule has 5 heteroatoms. The second kappa shape index (κ2) is 5.33. The van der Waals surface area contributed by atoms with Gasteiger partial charge in [-0.25, -0.2) is 9.38 Å². The molecule has 1 atom stereocenters. The molecule has 20 heavy (non-hydrogen) atoms. The molecule has 0 fully saturated rings. The largest absolute Gasteiger partial charge is 0.369 e. The highest BCUT2D eigenvalue weighted by atomic mass is 19.1. The number of nitrogens with two attached hydrogens (primary N) is 1. The lowest BCUT2D eigenvalue weighted by molar-refractivity contribution is -0.126. The zero-order valence-corrected chi connectivity index (χ0v) is 11.6. The van der Waals surface area contributed by atoms with Gasteiger partial charge in [0.15, 0.2) is 12.0 Å². The number of amides is 1. The Labute approximate surface area is 117 Å². The summed E-state index contributed by atoms with van der Waals surface area (Å²) >= 11 is 0. The van der Waals surface area contributed by atoms with Crippen LogP contribution in [0, 0.1) is 23.6 Å². The van der Waals surface area contributed by atoms with E-state index in [2.05, 4.69) is 16.8 Å². The van der Waals surface area contributed by atoms with Gasteiger partial charge in [-0.15, -0.1) is 0 Å². The van der Waals surface area contributed by atoms with Crippen LogP contribution in [0.5, 0.6) is 0 Å². The van der Waals surface area contributed by atoms with E-state index in [-0.39, 0.29) is 23.3 Å². The molecule has 0 bridgehead atoms. The van der Waals surface area contributed by atoms with Gasteiger partial charge in [-0.3, -0.25) is 9.69 Å². The molecule has 0 unspecified atom stereocenters. The number of guanidine groups is 1. The van der Waals surface area contributed by atoms with E-state index < -0.39 is 11.9 Å². The van der Waals surface area contributed by atoms with E-state index in [1.165, 1.54) is 17.0 Å². The fourth-order valence-electron chi connectivity index (χ4n) is 1.82. The molecule has 1 aliphatic rings. The molecule has 104 valence electrons. The standard InChI is InChI=1S/C15H16FN3O/c1-9(2)4-5-10-8-11(6-7-12(10)16)13-14(20)19(3)15(17)18-13/h6-9,13H,1-3H3,(H2,17,18)/t13-/m1/s1. The first-order valence-electron chi connectivity index (χ1n) is 6.32. The van der Waals surface area contributed by atoms with Crippen LogP contribution in [0.4, 0.5) is 4.39 Å². The summed E-state index contributed by atoms with van der Waals surface area (Å²) in [5.41, 5.74) is 6.48. The average Bonchev–Trinajstić information content (AvgIpc) is 2.65. The van der Waals surface area contributed by atoms with Crippen LogP contribution in [0.15, 0.2) is 23.2 Å². The van der Waals surface area contributed by atoms with Gasteiger partial charge in [0.05, 0.1) is 5.56 Å². The predicted molar refractivity (Wildman–Crippen MR) is 75.2 cm³/mol. The number of carbonyl (C=O) groups is 1. The van der Waals surface area contributed by atoms with Crippen LogP contribution in [-0.2, 0) is 4.79 Å². The van der Waals surface area contributed by atoms with E-state index in [0.717, 1.165) is 0 Å². The Kier molecular flexibility index (Phi) is 3.75. The summed E-state index contributed by atoms with van der Waals surface area (Å²) in [7, 11) is 1.56. The van der Waals surface area contributed by atoms with Gasteiger partial charge in [-0.1, -0.05) is 31.8 Å². The highest BCUT2D eigenvalue weighted by Gasteiger charge is 2.31. The molecule has 0 spiro atoms. The minimum absolute atomic E-state index is 0.144. The monoisotopic (exact) mass is 273 g/mol. The number of carbonyl (C=O) groups excluding carboxylic acids is 1. The normalized spacial score (nSPS) is 18.1. The number of likely N-dealkylation sites (N-methyl/N-ethyl adjacent to an activating group) is 1. The topological polar surface area (TPSA) is 58.7 Å². The van der Waals surface area contributed by atoms with Crippen molar-refractivity contribution in [2.45, 2.75) is 19.9 Å². The number of halogens is 1. The second-order valence-corrected chi connectivity index (χ2v) is 4.95. The van der Waals surface area contributed by atoms with Gasteiger partial charge in [-0.2, -0.15) is 0 Å². The van der Waals surface area contributed by atoms with Gasteiger partial charge >= 0.3 is 0 Å². The minimum Gasteiger partial charge on any atom is -0.369 e. The fraction of sp³-hybridized carbons (Fsp3) is 0.333. The molecule has 1 aromatic rings. The quantitative estimate of drug-likeness (QED) is 0.791. The molecular formula is C15H16FN3O. The molecule has 0 saturated carbocycles. The van der Waals surface area contributed by atoms with Crippen molar-refractivity contribution in [3.8, 4) is 11.8 Å². The van der Waals surface area contributed by atoms with Crippen LogP contribution >= 0.6 is 0 Å². The molecule has 1 amide bonds. The Morgan fingerprint density at radius 2 is 2.15 bits per heavy atom. The van der Waals surface area contributed by atoms with Crippen molar-refractivity contribution >= 4 is 11.9 Å². The van der Waals surface area contributed by atoms with Crippen LogP contribution in [-0.4, -0.2) is 23.8 Å². The number of benzene rings is 1. The van der Waals surface area contributed by atoms with E-state index in [0.29, 0.717) is 5.56 Å². The van der Waals surface area contributed by atoms with Crippen LogP contribution in [0.25, 0.3) is 0 Å². The van der Waals surface area contributed by atoms with Crippen molar-refractivity contribution in [3.05, 3.63) is 35.1 Å². The van der Waals surface area contributed by atoms with Crippen LogP contribution < -0.4 is 5.73 Å². The van der Waals surface area contributed by atoms with Crippen LogP contribution in [0.2, 0.25) is 0 Å². The van der Waals surface area contributed by atoms with E-state index in [1.54, 1.807) is 13.1 Å². The van der Waals surface area contributed by atoms with E-state index in [4.69, 9.17) is 5.73 Å². The molecule has 1 aliphatic heterocycles. The number of hydrogen-bond donors (Lipinski definition) is 1. The fourth-order valence-corrected chi connectivity index (χ4v) is 1.82. The molecular weight excluding hydrogens is 257 g/mol. The smallest absolute Gasteiger partial charge is 0.258 e. The summed E-state index contributed by atoms with van der Waals surface area (Å²) in [5.74, 6) is 5.37. The predicted octanol–water partition coefficient (Wildman–Crippen LogP) is 1.66. The lowest BCUT2D eigenvalue weighted by Gasteiger charge is -2.10. The maximum atomic E-state index is 13.7. The first-order valence-corrected chi connectivity index (χ1v) is 6.32. The summed E-state index contributed by atoms with van der Waals surface area (Å²) in [5, 5.41) is 0. The van der Waals surface area contributed by atoms with E-state index in [9.17, 15) is 9.18 Å². The summed E-state index contributed by atoms with van der Waals surface area (Å²) in [6, 6.07) is 3.69. The third kappa shape index (κ3) is 2.64. The highest BCUT2D eigenvalue weighted by molar-refractivity contribution is 6.04. The Balaban J connectivity index is 2.39. The molecule has 0 saturated heterocycles. The molecule has 1 heterocycles. The number of hydrogen-bond acceptors (Lipinski definition) is 3. The van der Waals surface area contributed by atoms with Crippen LogP contribution in [0.3, 0.4) is 0 Å².